The first-order valence-electron chi connectivity index (χ1n) is 6.06. The van der Waals surface area contributed by atoms with Gasteiger partial charge in [-0.25, -0.2) is 9.78 Å². The highest BCUT2D eigenvalue weighted by Gasteiger charge is 2.30. The molecule has 1 aromatic carbocycles. The minimum atomic E-state index is -4.39. The molecular weight excluding hydrogens is 283 g/mol. The summed E-state index contributed by atoms with van der Waals surface area (Å²) in [5.74, 6) is 4.08. The molecule has 0 atom stereocenters. The molecule has 0 N–H and O–H groups in total. The number of nitrogens with zero attached hydrogens (tertiary/aromatic N) is 1. The standard InChI is InChI=1S/C15H10F3NO2/c1-2-21-14(20)6-5-13-8-10-3-4-12(15(16,17)18)7-11(10)9-19-13/h3-4,7-9H,2H2,1H3. The molecule has 0 aliphatic rings. The van der Waals surface area contributed by atoms with Gasteiger partial charge in [-0.15, -0.1) is 0 Å². The predicted octanol–water partition coefficient (Wildman–Crippen LogP) is 3.17. The van der Waals surface area contributed by atoms with Crippen LogP contribution >= 0.6 is 0 Å². The van der Waals surface area contributed by atoms with Crippen molar-refractivity contribution in [3.63, 3.8) is 0 Å². The van der Waals surface area contributed by atoms with Crippen molar-refractivity contribution in [2.24, 2.45) is 0 Å². The number of hydrogen-bond donors (Lipinski definition) is 0. The van der Waals surface area contributed by atoms with Gasteiger partial charge in [0.1, 0.15) is 5.69 Å². The largest absolute Gasteiger partial charge is 0.456 e. The predicted molar refractivity (Wildman–Crippen MR) is 70.3 cm³/mol. The van der Waals surface area contributed by atoms with Crippen molar-refractivity contribution >= 4 is 16.7 Å². The summed E-state index contributed by atoms with van der Waals surface area (Å²) in [5, 5.41) is 0.915. The van der Waals surface area contributed by atoms with Crippen molar-refractivity contribution in [1.82, 2.24) is 4.98 Å². The maximum atomic E-state index is 12.6. The van der Waals surface area contributed by atoms with E-state index in [-0.39, 0.29) is 12.3 Å². The van der Waals surface area contributed by atoms with Gasteiger partial charge in [-0.3, -0.25) is 0 Å². The third-order valence-corrected chi connectivity index (χ3v) is 2.62. The average molecular weight is 293 g/mol. The molecule has 0 unspecified atom stereocenters. The van der Waals surface area contributed by atoms with Crippen LogP contribution in [0.5, 0.6) is 0 Å². The maximum absolute atomic E-state index is 12.6. The lowest BCUT2D eigenvalue weighted by molar-refractivity contribution is -0.137. The van der Waals surface area contributed by atoms with Gasteiger partial charge in [0.05, 0.1) is 12.2 Å². The first-order chi connectivity index (χ1) is 9.90. The monoisotopic (exact) mass is 293 g/mol. The lowest BCUT2D eigenvalue weighted by Gasteiger charge is -2.07. The highest BCUT2D eigenvalue weighted by Crippen LogP contribution is 2.31. The third-order valence-electron chi connectivity index (χ3n) is 2.62. The summed E-state index contributed by atoms with van der Waals surface area (Å²) in [6.45, 7) is 1.88. The van der Waals surface area contributed by atoms with Crippen molar-refractivity contribution in [3.8, 4) is 11.8 Å². The number of esters is 1. The number of carbonyl (C=O) groups is 1. The van der Waals surface area contributed by atoms with Gasteiger partial charge in [0, 0.05) is 17.5 Å². The van der Waals surface area contributed by atoms with E-state index < -0.39 is 17.7 Å². The van der Waals surface area contributed by atoms with E-state index in [4.69, 9.17) is 0 Å². The molecule has 21 heavy (non-hydrogen) atoms. The molecule has 0 aliphatic carbocycles. The van der Waals surface area contributed by atoms with Gasteiger partial charge in [-0.05, 0) is 36.4 Å². The Labute approximate surface area is 118 Å². The SMILES string of the molecule is CCOC(=O)C#Cc1cc2ccc(C(F)(F)F)cc2cn1. The summed E-state index contributed by atoms with van der Waals surface area (Å²) in [5.41, 5.74) is -0.447. The second-order valence-electron chi connectivity index (χ2n) is 4.10. The summed E-state index contributed by atoms with van der Waals surface area (Å²) in [7, 11) is 0. The van der Waals surface area contributed by atoms with Gasteiger partial charge in [-0.2, -0.15) is 13.2 Å². The molecule has 2 aromatic rings. The number of aromatic nitrogens is 1. The minimum absolute atomic E-state index is 0.221. The first-order valence-corrected chi connectivity index (χ1v) is 6.06. The number of fused-ring (bicyclic) bond motifs is 1. The zero-order chi connectivity index (χ0) is 15.5. The fraction of sp³-hybridized carbons (Fsp3) is 0.200. The normalized spacial score (nSPS) is 10.9. The summed E-state index contributed by atoms with van der Waals surface area (Å²) in [4.78, 5) is 15.0. The van der Waals surface area contributed by atoms with E-state index in [2.05, 4.69) is 21.6 Å². The zero-order valence-electron chi connectivity index (χ0n) is 11.0. The Kier molecular flexibility index (Phi) is 4.13. The number of carbonyl (C=O) groups excluding carboxylic acids is 1. The smallest absolute Gasteiger partial charge is 0.416 e. The summed E-state index contributed by atoms with van der Waals surface area (Å²) in [6.07, 6.45) is -3.10. The zero-order valence-corrected chi connectivity index (χ0v) is 11.0. The van der Waals surface area contributed by atoms with E-state index in [1.54, 1.807) is 6.92 Å². The van der Waals surface area contributed by atoms with Gasteiger partial charge in [0.2, 0.25) is 0 Å². The molecule has 2 rings (SSSR count). The van der Waals surface area contributed by atoms with Crippen molar-refractivity contribution in [2.45, 2.75) is 13.1 Å². The summed E-state index contributed by atoms with van der Waals surface area (Å²) in [6, 6.07) is 4.87. The van der Waals surface area contributed by atoms with E-state index >= 15 is 0 Å². The fourth-order valence-corrected chi connectivity index (χ4v) is 1.67. The molecule has 0 saturated carbocycles. The highest BCUT2D eigenvalue weighted by atomic mass is 19.4. The van der Waals surface area contributed by atoms with Crippen LogP contribution in [-0.2, 0) is 15.7 Å². The topological polar surface area (TPSA) is 39.2 Å². The molecule has 1 aromatic heterocycles. The molecule has 108 valence electrons. The van der Waals surface area contributed by atoms with E-state index in [0.29, 0.717) is 10.8 Å². The van der Waals surface area contributed by atoms with Crippen LogP contribution in [0.1, 0.15) is 18.2 Å². The van der Waals surface area contributed by atoms with Gasteiger partial charge >= 0.3 is 12.1 Å². The number of rotatable bonds is 1. The molecule has 0 amide bonds. The Hall–Kier alpha value is -2.55. The number of benzene rings is 1. The highest BCUT2D eigenvalue weighted by molar-refractivity contribution is 5.89. The van der Waals surface area contributed by atoms with Crippen molar-refractivity contribution in [3.05, 3.63) is 41.7 Å². The van der Waals surface area contributed by atoms with Crippen LogP contribution in [-0.4, -0.2) is 17.6 Å². The molecule has 0 aliphatic heterocycles. The summed E-state index contributed by atoms with van der Waals surface area (Å²) >= 11 is 0. The molecule has 3 nitrogen and oxygen atoms in total. The van der Waals surface area contributed by atoms with Crippen LogP contribution in [0.2, 0.25) is 0 Å². The number of pyridine rings is 1. The number of hydrogen-bond acceptors (Lipinski definition) is 3. The van der Waals surface area contributed by atoms with E-state index in [0.717, 1.165) is 12.1 Å². The Morgan fingerprint density at radius 1 is 1.29 bits per heavy atom. The van der Waals surface area contributed by atoms with Crippen molar-refractivity contribution in [2.75, 3.05) is 6.61 Å². The van der Waals surface area contributed by atoms with E-state index in [1.165, 1.54) is 18.3 Å². The van der Waals surface area contributed by atoms with E-state index in [1.807, 2.05) is 0 Å². The van der Waals surface area contributed by atoms with E-state index in [9.17, 15) is 18.0 Å². The number of halogens is 3. The molecular formula is C15H10F3NO2. The Morgan fingerprint density at radius 2 is 2.05 bits per heavy atom. The van der Waals surface area contributed by atoms with Gasteiger partial charge < -0.3 is 4.74 Å². The lowest BCUT2D eigenvalue weighted by atomic mass is 10.1. The fourth-order valence-electron chi connectivity index (χ4n) is 1.67. The third kappa shape index (κ3) is 3.72. The Bertz CT molecular complexity index is 742. The van der Waals surface area contributed by atoms with Crippen LogP contribution < -0.4 is 0 Å². The molecule has 0 spiro atoms. The molecule has 0 fully saturated rings. The van der Waals surface area contributed by atoms with Crippen molar-refractivity contribution in [1.29, 1.82) is 0 Å². The maximum Gasteiger partial charge on any atom is 0.416 e. The number of ether oxygens (including phenoxy) is 1. The lowest BCUT2D eigenvalue weighted by Crippen LogP contribution is -2.04. The van der Waals surface area contributed by atoms with Gasteiger partial charge in [0.15, 0.2) is 0 Å². The second-order valence-corrected chi connectivity index (χ2v) is 4.10. The van der Waals surface area contributed by atoms with Crippen LogP contribution in [0.15, 0.2) is 30.5 Å². The van der Waals surface area contributed by atoms with Crippen LogP contribution in [0.4, 0.5) is 13.2 Å². The van der Waals surface area contributed by atoms with Crippen LogP contribution in [0.3, 0.4) is 0 Å². The van der Waals surface area contributed by atoms with Gasteiger partial charge in [0.25, 0.3) is 0 Å². The second kappa shape index (κ2) is 5.83. The Balaban J connectivity index is 2.33. The average Bonchev–Trinajstić information content (AvgIpc) is 2.43. The van der Waals surface area contributed by atoms with Crippen LogP contribution in [0.25, 0.3) is 10.8 Å². The quantitative estimate of drug-likeness (QED) is 0.599. The minimum Gasteiger partial charge on any atom is -0.456 e. The molecule has 1 heterocycles. The molecule has 0 radical (unpaired) electrons. The summed E-state index contributed by atoms with van der Waals surface area (Å²) < 4.78 is 42.4. The molecule has 6 heteroatoms. The van der Waals surface area contributed by atoms with Crippen LogP contribution in [0, 0.1) is 11.8 Å². The number of alkyl halides is 3. The Morgan fingerprint density at radius 3 is 2.71 bits per heavy atom. The first kappa shape index (κ1) is 14.9. The van der Waals surface area contributed by atoms with Gasteiger partial charge in [-0.1, -0.05) is 6.07 Å². The van der Waals surface area contributed by atoms with Crippen molar-refractivity contribution < 1.29 is 22.7 Å². The molecule has 0 bridgehead atoms. The molecule has 0 saturated heterocycles.